The Morgan fingerprint density at radius 2 is 2.00 bits per heavy atom. The summed E-state index contributed by atoms with van der Waals surface area (Å²) in [6.07, 6.45) is 9.85. The fourth-order valence-electron chi connectivity index (χ4n) is 3.81. The van der Waals surface area contributed by atoms with Crippen LogP contribution in [0.5, 0.6) is 0 Å². The van der Waals surface area contributed by atoms with E-state index in [2.05, 4.69) is 11.0 Å². The largest absolute Gasteiger partial charge is 0.313 e. The summed E-state index contributed by atoms with van der Waals surface area (Å²) in [7, 11) is 0. The van der Waals surface area contributed by atoms with Crippen LogP contribution < -0.4 is 5.73 Å². The Morgan fingerprint density at radius 1 is 1.26 bits per heavy atom. The molecule has 1 saturated heterocycles. The Hall–Kier alpha value is -0.590. The number of fused-ring (bicyclic) bond motifs is 1. The molecular weight excluding hydrogens is 234 g/mol. The fourth-order valence-corrected chi connectivity index (χ4v) is 3.81. The predicted octanol–water partition coefficient (Wildman–Crippen LogP) is 2.91. The van der Waals surface area contributed by atoms with E-state index in [-0.39, 0.29) is 0 Å². The summed E-state index contributed by atoms with van der Waals surface area (Å²) in [5.74, 6) is 1.96. The van der Waals surface area contributed by atoms with Gasteiger partial charge in [-0.3, -0.25) is 0 Å². The topological polar surface area (TPSA) is 53.1 Å². The van der Waals surface area contributed by atoms with Gasteiger partial charge in [-0.05, 0) is 57.0 Å². The van der Waals surface area contributed by atoms with Crippen molar-refractivity contribution in [1.29, 1.82) is 5.26 Å². The van der Waals surface area contributed by atoms with E-state index in [0.717, 1.165) is 37.6 Å². The number of likely N-dealkylation sites (tertiary alicyclic amines) is 1. The zero-order chi connectivity index (χ0) is 13.7. The van der Waals surface area contributed by atoms with E-state index in [1.165, 1.54) is 45.2 Å². The quantitative estimate of drug-likeness (QED) is 0.829. The summed E-state index contributed by atoms with van der Waals surface area (Å²) in [4.78, 5) is 2.61. The Bertz CT molecular complexity index is 322. The molecule has 1 aliphatic heterocycles. The van der Waals surface area contributed by atoms with E-state index in [9.17, 15) is 0 Å². The molecule has 0 radical (unpaired) electrons. The first-order chi connectivity index (χ1) is 9.17. The highest BCUT2D eigenvalue weighted by Crippen LogP contribution is 2.36. The van der Waals surface area contributed by atoms with Crippen molar-refractivity contribution >= 4 is 0 Å². The molecule has 3 heteroatoms. The molecule has 3 nitrogen and oxygen atoms in total. The highest BCUT2D eigenvalue weighted by Gasteiger charge is 2.31. The zero-order valence-electron chi connectivity index (χ0n) is 12.4. The average Bonchev–Trinajstić information content (AvgIpc) is 2.47. The third-order valence-corrected chi connectivity index (χ3v) is 5.33. The van der Waals surface area contributed by atoms with Gasteiger partial charge < -0.3 is 10.6 Å². The maximum Gasteiger partial charge on any atom is 0.104 e. The van der Waals surface area contributed by atoms with Crippen LogP contribution in [-0.4, -0.2) is 30.1 Å². The van der Waals surface area contributed by atoms with Crippen molar-refractivity contribution in [2.75, 3.05) is 19.6 Å². The van der Waals surface area contributed by atoms with Crippen LogP contribution in [-0.2, 0) is 0 Å². The van der Waals surface area contributed by atoms with E-state index < -0.39 is 5.54 Å². The van der Waals surface area contributed by atoms with Gasteiger partial charge in [-0.15, -0.1) is 0 Å². The molecule has 0 amide bonds. The van der Waals surface area contributed by atoms with Gasteiger partial charge in [0, 0.05) is 6.54 Å². The summed E-state index contributed by atoms with van der Waals surface area (Å²) in [5, 5.41) is 9.09. The summed E-state index contributed by atoms with van der Waals surface area (Å²) in [6, 6.07) is 2.27. The standard InChI is InChI=1S/C16H29N3/c1-2-16(18,13-17)9-5-10-19-11-8-14-6-3-4-7-15(14)12-19/h14-15H,2-12,18H2,1H3. The lowest BCUT2D eigenvalue weighted by molar-refractivity contribution is 0.0849. The van der Waals surface area contributed by atoms with Crippen LogP contribution in [0.4, 0.5) is 0 Å². The number of nitrogens with two attached hydrogens (primary N) is 1. The fraction of sp³-hybridized carbons (Fsp3) is 0.938. The summed E-state index contributed by atoms with van der Waals surface area (Å²) < 4.78 is 0. The molecule has 0 spiro atoms. The molecule has 3 unspecified atom stereocenters. The van der Waals surface area contributed by atoms with E-state index in [1.54, 1.807) is 0 Å². The maximum atomic E-state index is 9.09. The molecule has 2 rings (SSSR count). The molecule has 2 aliphatic rings. The molecule has 1 aliphatic carbocycles. The second kappa shape index (κ2) is 6.72. The van der Waals surface area contributed by atoms with E-state index in [4.69, 9.17) is 11.0 Å². The first-order valence-electron chi connectivity index (χ1n) is 8.09. The van der Waals surface area contributed by atoms with Gasteiger partial charge in [0.15, 0.2) is 0 Å². The minimum Gasteiger partial charge on any atom is -0.313 e. The minimum absolute atomic E-state index is 0.594. The van der Waals surface area contributed by atoms with Crippen LogP contribution in [0.1, 0.15) is 58.3 Å². The molecule has 108 valence electrons. The Morgan fingerprint density at radius 3 is 2.68 bits per heavy atom. The van der Waals surface area contributed by atoms with Crippen molar-refractivity contribution < 1.29 is 0 Å². The summed E-state index contributed by atoms with van der Waals surface area (Å²) >= 11 is 0. The van der Waals surface area contributed by atoms with Crippen molar-refractivity contribution in [3.8, 4) is 6.07 Å². The smallest absolute Gasteiger partial charge is 0.104 e. The molecule has 2 fully saturated rings. The van der Waals surface area contributed by atoms with Gasteiger partial charge in [0.1, 0.15) is 5.54 Å². The van der Waals surface area contributed by atoms with Gasteiger partial charge in [0.25, 0.3) is 0 Å². The van der Waals surface area contributed by atoms with Crippen molar-refractivity contribution in [3.05, 3.63) is 0 Å². The number of nitrogens with zero attached hydrogens (tertiary/aromatic N) is 2. The van der Waals surface area contributed by atoms with Crippen molar-refractivity contribution in [2.24, 2.45) is 17.6 Å². The summed E-state index contributed by atoms with van der Waals surface area (Å²) in [5.41, 5.74) is 5.44. The van der Waals surface area contributed by atoms with Gasteiger partial charge in [-0.25, -0.2) is 0 Å². The van der Waals surface area contributed by atoms with Gasteiger partial charge in [-0.2, -0.15) is 5.26 Å². The van der Waals surface area contributed by atoms with E-state index >= 15 is 0 Å². The first kappa shape index (κ1) is 14.8. The van der Waals surface area contributed by atoms with Crippen LogP contribution in [0.3, 0.4) is 0 Å². The lowest BCUT2D eigenvalue weighted by Gasteiger charge is -2.41. The normalized spacial score (nSPS) is 31.2. The maximum absolute atomic E-state index is 9.09. The molecule has 3 atom stereocenters. The molecule has 19 heavy (non-hydrogen) atoms. The first-order valence-corrected chi connectivity index (χ1v) is 8.09. The SMILES string of the molecule is CCC(N)(C#N)CCCN1CCC2CCCCC2C1. The van der Waals surface area contributed by atoms with Crippen molar-refractivity contribution in [1.82, 2.24) is 4.90 Å². The van der Waals surface area contributed by atoms with Gasteiger partial charge in [-0.1, -0.05) is 26.2 Å². The Balaban J connectivity index is 1.71. The molecule has 0 aromatic carbocycles. The Kier molecular flexibility index (Phi) is 5.24. The third-order valence-electron chi connectivity index (χ3n) is 5.33. The van der Waals surface area contributed by atoms with Crippen molar-refractivity contribution in [2.45, 2.75) is 63.8 Å². The van der Waals surface area contributed by atoms with Crippen LogP contribution in [0.2, 0.25) is 0 Å². The Labute approximate surface area is 118 Å². The second-order valence-corrected chi connectivity index (χ2v) is 6.62. The van der Waals surface area contributed by atoms with Crippen LogP contribution in [0.25, 0.3) is 0 Å². The molecule has 2 N–H and O–H groups in total. The lowest BCUT2D eigenvalue weighted by Crippen LogP contribution is -2.43. The molecule has 1 saturated carbocycles. The van der Waals surface area contributed by atoms with Crippen LogP contribution in [0, 0.1) is 23.2 Å². The average molecular weight is 263 g/mol. The highest BCUT2D eigenvalue weighted by atomic mass is 15.1. The number of piperidine rings is 1. The molecule has 1 heterocycles. The number of nitriles is 1. The number of rotatable bonds is 5. The van der Waals surface area contributed by atoms with Crippen molar-refractivity contribution in [3.63, 3.8) is 0 Å². The van der Waals surface area contributed by atoms with E-state index in [0.29, 0.717) is 0 Å². The van der Waals surface area contributed by atoms with Gasteiger partial charge in [0.05, 0.1) is 6.07 Å². The van der Waals surface area contributed by atoms with Crippen LogP contribution in [0.15, 0.2) is 0 Å². The van der Waals surface area contributed by atoms with Gasteiger partial charge >= 0.3 is 0 Å². The zero-order valence-corrected chi connectivity index (χ0v) is 12.4. The second-order valence-electron chi connectivity index (χ2n) is 6.62. The van der Waals surface area contributed by atoms with E-state index in [1.807, 2.05) is 6.92 Å². The van der Waals surface area contributed by atoms with Crippen LogP contribution >= 0.6 is 0 Å². The molecule has 0 aromatic rings. The molecule has 0 bridgehead atoms. The molecule has 0 aromatic heterocycles. The molecular formula is C16H29N3. The summed E-state index contributed by atoms with van der Waals surface area (Å²) in [6.45, 7) is 5.69. The number of hydrogen-bond acceptors (Lipinski definition) is 3. The predicted molar refractivity (Wildman–Crippen MR) is 78.6 cm³/mol. The minimum atomic E-state index is -0.594. The number of hydrogen-bond donors (Lipinski definition) is 1. The third kappa shape index (κ3) is 3.94. The highest BCUT2D eigenvalue weighted by molar-refractivity contribution is 5.03. The van der Waals surface area contributed by atoms with Gasteiger partial charge in [0.2, 0.25) is 0 Å². The lowest BCUT2D eigenvalue weighted by atomic mass is 9.75. The monoisotopic (exact) mass is 263 g/mol.